The standard InChI is InChI=1S/C10H15N5O10P2/c11-10-13-8-7(9(16)14-10)12-3-15(8)6-1-4(25-27(20,21)22)5(24-6)2-23-26(17,18)19/h3-7H,1-2H2,(H2,11,14,16)(H2,17,18,19)(H2,20,21,22)/t4-,5+,6+,7?/m0/s1. The van der Waals surface area contributed by atoms with Gasteiger partial charge in [0, 0.05) is 6.42 Å². The summed E-state index contributed by atoms with van der Waals surface area (Å²) in [7, 11) is -9.78. The van der Waals surface area contributed by atoms with E-state index in [2.05, 4.69) is 24.0 Å². The van der Waals surface area contributed by atoms with E-state index in [1.54, 1.807) is 0 Å². The van der Waals surface area contributed by atoms with Crippen LogP contribution in [0.3, 0.4) is 0 Å². The predicted octanol–water partition coefficient (Wildman–Crippen LogP) is -2.35. The lowest BCUT2D eigenvalue weighted by Gasteiger charge is -2.25. The summed E-state index contributed by atoms with van der Waals surface area (Å²) in [6, 6.07) is -1.02. The van der Waals surface area contributed by atoms with Gasteiger partial charge in [-0.05, 0) is 0 Å². The third kappa shape index (κ3) is 4.85. The van der Waals surface area contributed by atoms with Crippen LogP contribution < -0.4 is 5.73 Å². The zero-order valence-electron chi connectivity index (χ0n) is 13.3. The molecule has 4 atom stereocenters. The maximum Gasteiger partial charge on any atom is 0.469 e. The smallest absolute Gasteiger partial charge is 0.368 e. The summed E-state index contributed by atoms with van der Waals surface area (Å²) < 4.78 is 36.6. The summed E-state index contributed by atoms with van der Waals surface area (Å²) in [5.74, 6) is -0.827. The monoisotopic (exact) mass is 427 g/mol. The van der Waals surface area contributed by atoms with E-state index in [9.17, 15) is 13.9 Å². The highest BCUT2D eigenvalue weighted by atomic mass is 31.2. The summed E-state index contributed by atoms with van der Waals surface area (Å²) in [5.41, 5.74) is 5.46. The molecular weight excluding hydrogens is 412 g/mol. The van der Waals surface area contributed by atoms with E-state index >= 15 is 0 Å². The van der Waals surface area contributed by atoms with Crippen molar-refractivity contribution >= 4 is 39.7 Å². The number of rotatable bonds is 6. The van der Waals surface area contributed by atoms with Gasteiger partial charge in [0.2, 0.25) is 5.96 Å². The van der Waals surface area contributed by atoms with Crippen molar-refractivity contribution in [3.05, 3.63) is 0 Å². The van der Waals surface area contributed by atoms with Gasteiger partial charge in [-0.25, -0.2) is 9.13 Å². The molecule has 0 aliphatic carbocycles. The highest BCUT2D eigenvalue weighted by Gasteiger charge is 2.47. The van der Waals surface area contributed by atoms with Crippen LogP contribution in [0.1, 0.15) is 6.42 Å². The van der Waals surface area contributed by atoms with Gasteiger partial charge >= 0.3 is 15.6 Å². The first kappa shape index (κ1) is 20.2. The van der Waals surface area contributed by atoms with E-state index in [0.29, 0.717) is 0 Å². The second-order valence-electron chi connectivity index (χ2n) is 5.64. The van der Waals surface area contributed by atoms with E-state index in [4.69, 9.17) is 30.0 Å². The van der Waals surface area contributed by atoms with Crippen molar-refractivity contribution in [1.29, 1.82) is 0 Å². The van der Waals surface area contributed by atoms with Crippen LogP contribution in [0.2, 0.25) is 0 Å². The Labute approximate surface area is 151 Å². The average molecular weight is 427 g/mol. The fourth-order valence-corrected chi connectivity index (χ4v) is 3.63. The molecule has 3 aliphatic rings. The largest absolute Gasteiger partial charge is 0.469 e. The lowest BCUT2D eigenvalue weighted by Crippen LogP contribution is -2.44. The molecule has 1 amide bonds. The Bertz CT molecular complexity index is 817. The highest BCUT2D eigenvalue weighted by molar-refractivity contribution is 7.46. The Morgan fingerprint density at radius 3 is 2.59 bits per heavy atom. The number of nitrogens with zero attached hydrogens (tertiary/aromatic N) is 4. The molecular formula is C10H15N5O10P2. The molecule has 1 saturated heterocycles. The van der Waals surface area contributed by atoms with Crippen LogP contribution in [0, 0.1) is 0 Å². The van der Waals surface area contributed by atoms with Crippen molar-refractivity contribution in [1.82, 2.24) is 4.90 Å². The van der Waals surface area contributed by atoms with Crippen LogP contribution in [0.15, 0.2) is 15.0 Å². The summed E-state index contributed by atoms with van der Waals surface area (Å²) in [6.45, 7) is -0.700. The fourth-order valence-electron chi connectivity index (χ4n) is 2.72. The molecule has 6 N–H and O–H groups in total. The SMILES string of the molecule is NC1=NC(=O)C2N=CN([C@H]3C[C@H](OP(=O)(O)O)[C@@H](COP(=O)(O)O)O3)C2=N1. The molecule has 0 bridgehead atoms. The first-order chi connectivity index (χ1) is 12.4. The normalized spacial score (nSPS) is 31.1. The van der Waals surface area contributed by atoms with Gasteiger partial charge in [-0.15, -0.1) is 0 Å². The highest BCUT2D eigenvalue weighted by Crippen LogP contribution is 2.44. The molecule has 0 aromatic rings. The molecule has 1 unspecified atom stereocenters. The maximum absolute atomic E-state index is 11.8. The Balaban J connectivity index is 1.78. The number of phosphoric acid groups is 2. The van der Waals surface area contributed by atoms with Crippen molar-refractivity contribution in [2.45, 2.75) is 30.9 Å². The summed E-state index contributed by atoms with van der Waals surface area (Å²) >= 11 is 0. The predicted molar refractivity (Wildman–Crippen MR) is 86.4 cm³/mol. The van der Waals surface area contributed by atoms with Crippen LogP contribution in [0.5, 0.6) is 0 Å². The molecule has 150 valence electrons. The van der Waals surface area contributed by atoms with Gasteiger partial charge in [0.1, 0.15) is 18.4 Å². The third-order valence-electron chi connectivity index (χ3n) is 3.71. The number of phosphoric ester groups is 2. The maximum atomic E-state index is 11.8. The Kier molecular flexibility index (Phi) is 5.33. The molecule has 0 radical (unpaired) electrons. The van der Waals surface area contributed by atoms with Gasteiger partial charge in [-0.2, -0.15) is 9.98 Å². The minimum atomic E-state index is -4.93. The molecule has 3 rings (SSSR count). The van der Waals surface area contributed by atoms with Crippen molar-refractivity contribution < 1.29 is 47.3 Å². The molecule has 0 aromatic carbocycles. The average Bonchev–Trinajstić information content (AvgIpc) is 3.06. The van der Waals surface area contributed by atoms with Gasteiger partial charge in [0.05, 0.1) is 12.9 Å². The van der Waals surface area contributed by atoms with Crippen molar-refractivity contribution in [2.24, 2.45) is 20.7 Å². The van der Waals surface area contributed by atoms with E-state index < -0.39 is 52.6 Å². The number of guanidine groups is 1. The Morgan fingerprint density at radius 1 is 1.26 bits per heavy atom. The topological polar surface area (TPSA) is 226 Å². The van der Waals surface area contributed by atoms with Crippen molar-refractivity contribution in [3.8, 4) is 0 Å². The lowest BCUT2D eigenvalue weighted by molar-refractivity contribution is -0.117. The summed E-state index contributed by atoms with van der Waals surface area (Å²) in [6.07, 6.45) is -2.38. The van der Waals surface area contributed by atoms with Crippen LogP contribution >= 0.6 is 15.6 Å². The number of amidine groups is 1. The number of aliphatic imine (C=N–C) groups is 3. The number of hydrogen-bond acceptors (Lipinski definition) is 10. The lowest BCUT2D eigenvalue weighted by atomic mass is 10.2. The van der Waals surface area contributed by atoms with Crippen LogP contribution in [0.4, 0.5) is 0 Å². The van der Waals surface area contributed by atoms with E-state index in [-0.39, 0.29) is 18.2 Å². The number of amides is 1. The van der Waals surface area contributed by atoms with Gasteiger partial charge in [0.25, 0.3) is 5.91 Å². The van der Waals surface area contributed by atoms with Gasteiger partial charge in [0.15, 0.2) is 11.9 Å². The zero-order valence-corrected chi connectivity index (χ0v) is 15.1. The molecule has 17 heteroatoms. The zero-order chi connectivity index (χ0) is 20.0. The quantitative estimate of drug-likeness (QED) is 0.281. The Hall–Kier alpha value is -1.54. The van der Waals surface area contributed by atoms with Crippen molar-refractivity contribution in [2.75, 3.05) is 6.61 Å². The first-order valence-corrected chi connectivity index (χ1v) is 10.4. The van der Waals surface area contributed by atoms with Crippen LogP contribution in [-0.2, 0) is 27.7 Å². The van der Waals surface area contributed by atoms with Crippen molar-refractivity contribution in [3.63, 3.8) is 0 Å². The van der Waals surface area contributed by atoms with E-state index in [0.717, 1.165) is 0 Å². The van der Waals surface area contributed by atoms with Crippen LogP contribution in [-0.4, -0.2) is 79.6 Å². The number of hydrogen-bond donors (Lipinski definition) is 5. The Morgan fingerprint density at radius 2 is 1.96 bits per heavy atom. The molecule has 0 aromatic heterocycles. The van der Waals surface area contributed by atoms with Gasteiger partial charge < -0.3 is 30.0 Å². The third-order valence-corrected chi connectivity index (χ3v) is 4.74. The van der Waals surface area contributed by atoms with E-state index in [1.165, 1.54) is 11.2 Å². The molecule has 15 nitrogen and oxygen atoms in total. The number of fused-ring (bicyclic) bond motifs is 1. The number of carbonyl (C=O) groups is 1. The number of carbonyl (C=O) groups excluding carboxylic acids is 1. The number of nitrogens with two attached hydrogens (primary N) is 1. The first-order valence-electron chi connectivity index (χ1n) is 7.31. The van der Waals surface area contributed by atoms with Crippen LogP contribution in [0.25, 0.3) is 0 Å². The summed E-state index contributed by atoms with van der Waals surface area (Å²) in [4.78, 5) is 60.1. The molecule has 27 heavy (non-hydrogen) atoms. The molecule has 0 spiro atoms. The second-order valence-corrected chi connectivity index (χ2v) is 8.07. The second kappa shape index (κ2) is 7.13. The molecule has 1 fully saturated rings. The molecule has 3 heterocycles. The van der Waals surface area contributed by atoms with E-state index in [1.807, 2.05) is 0 Å². The number of ether oxygens (including phenoxy) is 1. The minimum absolute atomic E-state index is 0.101. The van der Waals surface area contributed by atoms with Gasteiger partial charge in [-0.3, -0.25) is 23.7 Å². The fraction of sp³-hybridized carbons (Fsp3) is 0.600. The summed E-state index contributed by atoms with van der Waals surface area (Å²) in [5, 5.41) is 0. The molecule has 3 aliphatic heterocycles. The molecule has 0 saturated carbocycles. The minimum Gasteiger partial charge on any atom is -0.368 e. The van der Waals surface area contributed by atoms with Gasteiger partial charge in [-0.1, -0.05) is 0 Å².